The van der Waals surface area contributed by atoms with E-state index in [-0.39, 0.29) is 11.4 Å². The minimum atomic E-state index is -0.899. The Bertz CT molecular complexity index is 978. The molecule has 0 atom stereocenters. The van der Waals surface area contributed by atoms with Crippen LogP contribution >= 0.6 is 0 Å². The number of unbranched alkanes of at least 4 members (excludes halogenated alkanes) is 1. The van der Waals surface area contributed by atoms with E-state index >= 15 is 0 Å². The predicted octanol–water partition coefficient (Wildman–Crippen LogP) is 6.00. The van der Waals surface area contributed by atoms with Crippen LogP contribution in [0.15, 0.2) is 48.5 Å². The fourth-order valence-electron chi connectivity index (χ4n) is 2.68. The van der Waals surface area contributed by atoms with E-state index in [9.17, 15) is 13.2 Å². The quantitative estimate of drug-likeness (QED) is 0.514. The van der Waals surface area contributed by atoms with Gasteiger partial charge in [-0.3, -0.25) is 0 Å². The molecule has 25 heavy (non-hydrogen) atoms. The molecule has 0 bridgehead atoms. The van der Waals surface area contributed by atoms with Gasteiger partial charge in [-0.15, -0.1) is 0 Å². The fraction of sp³-hybridized carbons (Fsp3) is 0.182. The molecule has 0 N–H and O–H groups in total. The second-order valence-electron chi connectivity index (χ2n) is 5.96. The van der Waals surface area contributed by atoms with Crippen LogP contribution in [-0.2, 0) is 6.42 Å². The first-order valence-electron chi connectivity index (χ1n) is 8.26. The van der Waals surface area contributed by atoms with Crippen LogP contribution in [0.25, 0.3) is 10.8 Å². The second kappa shape index (κ2) is 7.44. The van der Waals surface area contributed by atoms with Gasteiger partial charge in [-0.05, 0) is 59.5 Å². The minimum Gasteiger partial charge on any atom is -0.207 e. The molecule has 3 heteroatoms. The predicted molar refractivity (Wildman–Crippen MR) is 94.9 cm³/mol. The van der Waals surface area contributed by atoms with Crippen LogP contribution in [0.3, 0.4) is 0 Å². The summed E-state index contributed by atoms with van der Waals surface area (Å²) < 4.78 is 41.4. The zero-order valence-corrected chi connectivity index (χ0v) is 13.9. The van der Waals surface area contributed by atoms with Crippen molar-refractivity contribution in [2.45, 2.75) is 26.2 Å². The van der Waals surface area contributed by atoms with E-state index in [0.717, 1.165) is 23.6 Å². The number of aryl methyl sites for hydroxylation is 1. The summed E-state index contributed by atoms with van der Waals surface area (Å²) in [6, 6.07) is 12.9. The first-order valence-corrected chi connectivity index (χ1v) is 8.26. The van der Waals surface area contributed by atoms with Gasteiger partial charge in [-0.2, -0.15) is 0 Å². The van der Waals surface area contributed by atoms with Gasteiger partial charge in [-0.25, -0.2) is 13.2 Å². The molecule has 0 aliphatic heterocycles. The number of rotatable bonds is 3. The smallest absolute Gasteiger partial charge is 0.174 e. The molecule has 0 radical (unpaired) electrons. The van der Waals surface area contributed by atoms with Crippen molar-refractivity contribution < 1.29 is 13.2 Å². The molecule has 0 amide bonds. The van der Waals surface area contributed by atoms with Gasteiger partial charge in [0.25, 0.3) is 0 Å². The Hall–Kier alpha value is -2.73. The van der Waals surface area contributed by atoms with E-state index in [1.807, 2.05) is 6.92 Å². The molecular weight excluding hydrogens is 321 g/mol. The van der Waals surface area contributed by atoms with Crippen LogP contribution in [0.1, 0.15) is 36.5 Å². The van der Waals surface area contributed by atoms with E-state index in [1.54, 1.807) is 30.3 Å². The molecular formula is C22H17F3. The van der Waals surface area contributed by atoms with Crippen LogP contribution < -0.4 is 0 Å². The average molecular weight is 338 g/mol. The van der Waals surface area contributed by atoms with E-state index < -0.39 is 11.6 Å². The van der Waals surface area contributed by atoms with Gasteiger partial charge in [0.05, 0.1) is 5.56 Å². The van der Waals surface area contributed by atoms with E-state index in [2.05, 4.69) is 11.8 Å². The molecule has 3 rings (SSSR count). The van der Waals surface area contributed by atoms with Crippen molar-refractivity contribution in [1.82, 2.24) is 0 Å². The third kappa shape index (κ3) is 3.85. The van der Waals surface area contributed by atoms with Crippen molar-refractivity contribution in [3.8, 4) is 11.8 Å². The van der Waals surface area contributed by atoms with Crippen LogP contribution in [0.5, 0.6) is 0 Å². The normalized spacial score (nSPS) is 10.6. The summed E-state index contributed by atoms with van der Waals surface area (Å²) in [5, 5.41) is 1.61. The zero-order valence-electron chi connectivity index (χ0n) is 13.9. The molecule has 0 saturated carbocycles. The Morgan fingerprint density at radius 3 is 2.36 bits per heavy atom. The zero-order chi connectivity index (χ0) is 17.8. The third-order valence-electron chi connectivity index (χ3n) is 4.11. The van der Waals surface area contributed by atoms with Gasteiger partial charge in [0.2, 0.25) is 0 Å². The molecule has 0 heterocycles. The molecule has 0 aliphatic rings. The van der Waals surface area contributed by atoms with Crippen molar-refractivity contribution in [1.29, 1.82) is 0 Å². The number of hydrogen-bond acceptors (Lipinski definition) is 0. The lowest BCUT2D eigenvalue weighted by Crippen LogP contribution is -1.97. The number of fused-ring (bicyclic) bond motifs is 1. The summed E-state index contributed by atoms with van der Waals surface area (Å²) in [5.74, 6) is 3.53. The summed E-state index contributed by atoms with van der Waals surface area (Å²) in [6.45, 7) is 2.01. The lowest BCUT2D eigenvalue weighted by Gasteiger charge is -2.04. The summed E-state index contributed by atoms with van der Waals surface area (Å²) in [7, 11) is 0. The summed E-state index contributed by atoms with van der Waals surface area (Å²) in [6.07, 6.45) is 2.27. The third-order valence-corrected chi connectivity index (χ3v) is 4.11. The van der Waals surface area contributed by atoms with Gasteiger partial charge in [0.1, 0.15) is 5.82 Å². The van der Waals surface area contributed by atoms with Crippen molar-refractivity contribution in [3.05, 3.63) is 82.7 Å². The summed E-state index contributed by atoms with van der Waals surface area (Å²) in [5.41, 5.74) is 1.09. The maximum absolute atomic E-state index is 14.2. The Morgan fingerprint density at radius 1 is 0.800 bits per heavy atom. The monoisotopic (exact) mass is 338 g/mol. The van der Waals surface area contributed by atoms with E-state index in [1.165, 1.54) is 18.2 Å². The summed E-state index contributed by atoms with van der Waals surface area (Å²) in [4.78, 5) is 0. The van der Waals surface area contributed by atoms with E-state index in [0.29, 0.717) is 17.5 Å². The Kier molecular flexibility index (Phi) is 5.09. The van der Waals surface area contributed by atoms with Crippen LogP contribution in [0.2, 0.25) is 0 Å². The SMILES string of the molecule is CCCCc1ccc(C#Cc2ccc3cc(F)ccc3c2)c(F)c1F. The lowest BCUT2D eigenvalue weighted by atomic mass is 10.0. The highest BCUT2D eigenvalue weighted by molar-refractivity contribution is 5.83. The molecule has 126 valence electrons. The first-order chi connectivity index (χ1) is 12.1. The Labute approximate surface area is 145 Å². The molecule has 0 fully saturated rings. The molecule has 0 unspecified atom stereocenters. The van der Waals surface area contributed by atoms with Crippen molar-refractivity contribution in [2.24, 2.45) is 0 Å². The van der Waals surface area contributed by atoms with Gasteiger partial charge in [-0.1, -0.05) is 43.4 Å². The number of halogens is 3. The van der Waals surface area contributed by atoms with Crippen LogP contribution in [-0.4, -0.2) is 0 Å². The highest BCUT2D eigenvalue weighted by Gasteiger charge is 2.11. The van der Waals surface area contributed by atoms with Crippen molar-refractivity contribution in [2.75, 3.05) is 0 Å². The lowest BCUT2D eigenvalue weighted by molar-refractivity contribution is 0.495. The molecule has 3 aromatic carbocycles. The van der Waals surface area contributed by atoms with Crippen molar-refractivity contribution >= 4 is 10.8 Å². The van der Waals surface area contributed by atoms with Gasteiger partial charge in [0.15, 0.2) is 11.6 Å². The molecule has 0 spiro atoms. The molecule has 3 aromatic rings. The standard InChI is InChI=1S/C22H17F3/c1-2-3-4-16-9-10-17(22(25)21(16)24)7-5-15-6-8-19-14-20(23)12-11-18(19)13-15/h6,8-14H,2-4H2,1H3. The van der Waals surface area contributed by atoms with Crippen LogP contribution in [0, 0.1) is 29.3 Å². The first kappa shape index (κ1) is 17.1. The Balaban J connectivity index is 1.90. The van der Waals surface area contributed by atoms with Gasteiger partial charge in [0, 0.05) is 5.56 Å². The average Bonchev–Trinajstić information content (AvgIpc) is 2.62. The largest absolute Gasteiger partial charge is 0.207 e. The molecule has 0 aliphatic carbocycles. The second-order valence-corrected chi connectivity index (χ2v) is 5.96. The number of hydrogen-bond donors (Lipinski definition) is 0. The van der Waals surface area contributed by atoms with E-state index in [4.69, 9.17) is 0 Å². The maximum atomic E-state index is 14.2. The topological polar surface area (TPSA) is 0 Å². The highest BCUT2D eigenvalue weighted by Crippen LogP contribution is 2.19. The highest BCUT2D eigenvalue weighted by atomic mass is 19.2. The van der Waals surface area contributed by atoms with Crippen LogP contribution in [0.4, 0.5) is 13.2 Å². The molecule has 0 saturated heterocycles. The van der Waals surface area contributed by atoms with Gasteiger partial charge >= 0.3 is 0 Å². The fourth-order valence-corrected chi connectivity index (χ4v) is 2.68. The molecule has 0 nitrogen and oxygen atoms in total. The maximum Gasteiger partial charge on any atom is 0.174 e. The number of benzene rings is 3. The molecule has 0 aromatic heterocycles. The van der Waals surface area contributed by atoms with Gasteiger partial charge < -0.3 is 0 Å². The Morgan fingerprint density at radius 2 is 1.56 bits per heavy atom. The summed E-state index contributed by atoms with van der Waals surface area (Å²) >= 11 is 0. The van der Waals surface area contributed by atoms with Crippen molar-refractivity contribution in [3.63, 3.8) is 0 Å². The minimum absolute atomic E-state index is 0.0388.